The number of carbonyl (C=O) groups excluding carboxylic acids is 1. The van der Waals surface area contributed by atoms with Crippen LogP contribution in [0.5, 0.6) is 0 Å². The van der Waals surface area contributed by atoms with Gasteiger partial charge >= 0.3 is 0 Å². The minimum Gasteiger partial charge on any atom is -0.445 e. The van der Waals surface area contributed by atoms with Gasteiger partial charge in [-0.15, -0.1) is 0 Å². The number of fused-ring (bicyclic) bond motifs is 1. The van der Waals surface area contributed by atoms with Crippen molar-refractivity contribution in [2.75, 3.05) is 5.32 Å². The Balaban J connectivity index is 1.61. The minimum atomic E-state index is -0.262. The fourth-order valence-electron chi connectivity index (χ4n) is 2.68. The normalized spacial score (nSPS) is 15.0. The van der Waals surface area contributed by atoms with Crippen LogP contribution in [-0.2, 0) is 6.54 Å². The molecule has 2 N–H and O–H groups in total. The molecule has 0 aliphatic heterocycles. The highest BCUT2D eigenvalue weighted by atomic mass is 16.3. The molecule has 0 spiro atoms. The first-order valence-electron chi connectivity index (χ1n) is 8.53. The van der Waals surface area contributed by atoms with Crippen molar-refractivity contribution >= 4 is 22.8 Å². The third-order valence-corrected chi connectivity index (χ3v) is 4.47. The number of nitrogens with one attached hydrogen (secondary N) is 2. The summed E-state index contributed by atoms with van der Waals surface area (Å²) < 4.78 is 5.51. The Bertz CT molecular complexity index is 975. The molecule has 1 aliphatic carbocycles. The van der Waals surface area contributed by atoms with Crippen LogP contribution in [0.25, 0.3) is 11.1 Å². The zero-order valence-corrected chi connectivity index (χ0v) is 15.0. The zero-order valence-electron chi connectivity index (χ0n) is 15.0. The molecule has 0 radical (unpaired) electrons. The second-order valence-corrected chi connectivity index (χ2v) is 6.97. The molecule has 0 saturated heterocycles. The van der Waals surface area contributed by atoms with Gasteiger partial charge in [0.1, 0.15) is 17.9 Å². The molecule has 8 heteroatoms. The van der Waals surface area contributed by atoms with E-state index in [1.54, 1.807) is 19.3 Å². The number of hydrogen-bond acceptors (Lipinski definition) is 7. The number of aryl methyl sites for hydroxylation is 2. The molecule has 3 aromatic rings. The lowest BCUT2D eigenvalue weighted by Crippen LogP contribution is -2.24. The van der Waals surface area contributed by atoms with E-state index in [9.17, 15) is 4.79 Å². The maximum atomic E-state index is 12.7. The van der Waals surface area contributed by atoms with Crippen molar-refractivity contribution in [1.29, 1.82) is 0 Å². The highest BCUT2D eigenvalue weighted by molar-refractivity contribution is 6.08. The molecule has 26 heavy (non-hydrogen) atoms. The Morgan fingerprint density at radius 3 is 2.73 bits per heavy atom. The maximum absolute atomic E-state index is 12.7. The largest absolute Gasteiger partial charge is 0.445 e. The van der Waals surface area contributed by atoms with E-state index in [-0.39, 0.29) is 18.0 Å². The second kappa shape index (κ2) is 6.05. The zero-order chi connectivity index (χ0) is 18.3. The number of nitrogens with zero attached hydrogens (tertiary/aromatic N) is 4. The van der Waals surface area contributed by atoms with Crippen molar-refractivity contribution in [2.24, 2.45) is 0 Å². The summed E-state index contributed by atoms with van der Waals surface area (Å²) in [5, 5.41) is 6.88. The topological polar surface area (TPSA) is 106 Å². The molecule has 3 aromatic heterocycles. The molecular formula is C18H20N6O2. The maximum Gasteiger partial charge on any atom is 0.255 e. The van der Waals surface area contributed by atoms with Crippen LogP contribution in [0.2, 0.25) is 0 Å². The molecule has 134 valence electrons. The van der Waals surface area contributed by atoms with Crippen LogP contribution in [-0.4, -0.2) is 31.4 Å². The number of aromatic nitrogens is 4. The van der Waals surface area contributed by atoms with E-state index in [1.807, 2.05) is 6.92 Å². The van der Waals surface area contributed by atoms with E-state index >= 15 is 0 Å². The van der Waals surface area contributed by atoms with Gasteiger partial charge in [0.25, 0.3) is 5.91 Å². The van der Waals surface area contributed by atoms with E-state index in [4.69, 9.17) is 4.42 Å². The number of rotatable bonds is 5. The predicted octanol–water partition coefficient (Wildman–Crippen LogP) is 2.52. The molecular weight excluding hydrogens is 332 g/mol. The third kappa shape index (κ3) is 3.22. The van der Waals surface area contributed by atoms with Gasteiger partial charge in [0.2, 0.25) is 5.71 Å². The number of amides is 1. The molecule has 1 aliphatic rings. The van der Waals surface area contributed by atoms with E-state index in [1.165, 1.54) is 6.26 Å². The van der Waals surface area contributed by atoms with Crippen LogP contribution in [0, 0.1) is 13.8 Å². The van der Waals surface area contributed by atoms with Crippen molar-refractivity contribution < 1.29 is 9.21 Å². The molecule has 4 rings (SSSR count). The van der Waals surface area contributed by atoms with Gasteiger partial charge in [0.15, 0.2) is 0 Å². The minimum absolute atomic E-state index is 0.0240. The average Bonchev–Trinajstić information content (AvgIpc) is 3.16. The van der Waals surface area contributed by atoms with E-state index in [2.05, 4.69) is 37.5 Å². The van der Waals surface area contributed by atoms with Crippen LogP contribution >= 0.6 is 0 Å². The van der Waals surface area contributed by atoms with Crippen LogP contribution < -0.4 is 10.6 Å². The van der Waals surface area contributed by atoms with Gasteiger partial charge in [-0.2, -0.15) is 4.98 Å². The lowest BCUT2D eigenvalue weighted by atomic mass is 10.2. The van der Waals surface area contributed by atoms with Gasteiger partial charge in [0, 0.05) is 11.7 Å². The van der Waals surface area contributed by atoms with Gasteiger partial charge in [-0.25, -0.2) is 4.98 Å². The molecule has 0 unspecified atom stereocenters. The summed E-state index contributed by atoms with van der Waals surface area (Å²) in [6.07, 6.45) is 6.89. The van der Waals surface area contributed by atoms with Gasteiger partial charge in [-0.3, -0.25) is 14.8 Å². The highest BCUT2D eigenvalue weighted by Crippen LogP contribution is 2.39. The first-order chi connectivity index (χ1) is 12.4. The Labute approximate surface area is 150 Å². The third-order valence-electron chi connectivity index (χ3n) is 4.47. The van der Waals surface area contributed by atoms with E-state index in [0.29, 0.717) is 34.0 Å². The number of hydrogen-bond donors (Lipinski definition) is 2. The summed E-state index contributed by atoms with van der Waals surface area (Å²) in [5.41, 5.74) is 2.36. The first-order valence-corrected chi connectivity index (χ1v) is 8.53. The Morgan fingerprint density at radius 2 is 2.04 bits per heavy atom. The van der Waals surface area contributed by atoms with Crippen molar-refractivity contribution in [1.82, 2.24) is 25.3 Å². The van der Waals surface area contributed by atoms with Gasteiger partial charge in [-0.05, 0) is 33.6 Å². The molecule has 0 aromatic carbocycles. The predicted molar refractivity (Wildman–Crippen MR) is 95.7 cm³/mol. The monoisotopic (exact) mass is 352 g/mol. The van der Waals surface area contributed by atoms with Crippen molar-refractivity contribution in [3.05, 3.63) is 41.4 Å². The number of carbonyl (C=O) groups is 1. The molecule has 0 atom stereocenters. The summed E-state index contributed by atoms with van der Waals surface area (Å²) in [5.74, 6) is 0.976. The standard InChI is InChI=1S/C18H20N6O2/c1-10-6-20-12(7-19-10)8-21-16(25)13-9-26-17-14(13)15(22-11(2)23-17)24-18(3)4-5-18/h6-7,9H,4-5,8H2,1-3H3,(H,21,25)(H,22,23,24). The lowest BCUT2D eigenvalue weighted by molar-refractivity contribution is 0.0951. The Morgan fingerprint density at radius 1 is 1.23 bits per heavy atom. The molecule has 8 nitrogen and oxygen atoms in total. The van der Waals surface area contributed by atoms with E-state index in [0.717, 1.165) is 18.5 Å². The van der Waals surface area contributed by atoms with Crippen LogP contribution in [0.3, 0.4) is 0 Å². The molecule has 1 saturated carbocycles. The SMILES string of the molecule is Cc1cnc(CNC(=O)c2coc3nc(C)nc(NC4(C)CC4)c23)cn1. The van der Waals surface area contributed by atoms with Crippen molar-refractivity contribution in [2.45, 2.75) is 45.7 Å². The van der Waals surface area contributed by atoms with Crippen LogP contribution in [0.15, 0.2) is 23.1 Å². The number of anilines is 1. The quantitative estimate of drug-likeness (QED) is 0.727. The van der Waals surface area contributed by atoms with Crippen LogP contribution in [0.1, 0.15) is 47.3 Å². The Kier molecular flexibility index (Phi) is 3.82. The Hall–Kier alpha value is -3.03. The smallest absolute Gasteiger partial charge is 0.255 e. The average molecular weight is 352 g/mol. The lowest BCUT2D eigenvalue weighted by Gasteiger charge is -2.13. The fraction of sp³-hybridized carbons (Fsp3) is 0.389. The highest BCUT2D eigenvalue weighted by Gasteiger charge is 2.38. The van der Waals surface area contributed by atoms with Gasteiger partial charge in [-0.1, -0.05) is 0 Å². The summed E-state index contributed by atoms with van der Waals surface area (Å²) in [4.78, 5) is 29.9. The molecule has 0 bridgehead atoms. The number of furan rings is 1. The summed E-state index contributed by atoms with van der Waals surface area (Å²) in [7, 11) is 0. The summed E-state index contributed by atoms with van der Waals surface area (Å²) in [6, 6.07) is 0. The van der Waals surface area contributed by atoms with Crippen molar-refractivity contribution in [3.8, 4) is 0 Å². The second-order valence-electron chi connectivity index (χ2n) is 6.97. The van der Waals surface area contributed by atoms with Crippen LogP contribution in [0.4, 0.5) is 5.82 Å². The van der Waals surface area contributed by atoms with E-state index < -0.39 is 0 Å². The summed E-state index contributed by atoms with van der Waals surface area (Å²) in [6.45, 7) is 6.08. The van der Waals surface area contributed by atoms with Gasteiger partial charge in [0.05, 0.1) is 35.1 Å². The molecule has 1 amide bonds. The summed E-state index contributed by atoms with van der Waals surface area (Å²) >= 11 is 0. The van der Waals surface area contributed by atoms with Gasteiger partial charge < -0.3 is 15.1 Å². The fourth-order valence-corrected chi connectivity index (χ4v) is 2.68. The molecule has 3 heterocycles. The molecule has 1 fully saturated rings. The van der Waals surface area contributed by atoms with Crippen molar-refractivity contribution in [3.63, 3.8) is 0 Å². The first kappa shape index (κ1) is 16.4.